The topological polar surface area (TPSA) is 9.23 Å². The van der Waals surface area contributed by atoms with Crippen LogP contribution in [-0.4, -0.2) is 12.7 Å². The van der Waals surface area contributed by atoms with Gasteiger partial charge in [-0.3, -0.25) is 0 Å². The average Bonchev–Trinajstić information content (AvgIpc) is 2.60. The van der Waals surface area contributed by atoms with Gasteiger partial charge in [0.05, 0.1) is 6.10 Å². The van der Waals surface area contributed by atoms with Crippen molar-refractivity contribution < 1.29 is 4.74 Å². The third kappa shape index (κ3) is 7.42. The molecule has 2 aliphatic rings. The predicted molar refractivity (Wildman–Crippen MR) is 101 cm³/mol. The molecule has 0 aromatic heterocycles. The van der Waals surface area contributed by atoms with Crippen LogP contribution in [0, 0.1) is 17.8 Å². The van der Waals surface area contributed by atoms with Gasteiger partial charge in [0.15, 0.2) is 0 Å². The minimum atomic E-state index is 0.582. The molecule has 2 rings (SSSR count). The lowest BCUT2D eigenvalue weighted by molar-refractivity contribution is 0.0151. The first kappa shape index (κ1) is 19.0. The molecular weight excluding hydrogens is 280 g/mol. The van der Waals surface area contributed by atoms with Crippen LogP contribution >= 0.6 is 0 Å². The lowest BCUT2D eigenvalue weighted by Crippen LogP contribution is -2.23. The van der Waals surface area contributed by atoms with Crippen molar-refractivity contribution >= 4 is 0 Å². The normalized spacial score (nSPS) is 32.4. The quantitative estimate of drug-likeness (QED) is 0.331. The Morgan fingerprint density at radius 1 is 0.826 bits per heavy atom. The van der Waals surface area contributed by atoms with Crippen LogP contribution in [-0.2, 0) is 4.74 Å². The van der Waals surface area contributed by atoms with E-state index in [9.17, 15) is 0 Å². The summed E-state index contributed by atoms with van der Waals surface area (Å²) in [5, 5.41) is 0. The zero-order valence-corrected chi connectivity index (χ0v) is 15.8. The highest BCUT2D eigenvalue weighted by atomic mass is 16.5. The summed E-state index contributed by atoms with van der Waals surface area (Å²) in [7, 11) is 0. The molecule has 2 fully saturated rings. The van der Waals surface area contributed by atoms with Crippen molar-refractivity contribution in [3.05, 3.63) is 12.2 Å². The second kappa shape index (κ2) is 11.3. The minimum absolute atomic E-state index is 0.582. The standard InChI is InChI=1S/C22H40O/c1-3-5-7-19-8-10-20(11-9-19)12-13-21-14-16-22(17-15-21)23-18-6-4-2/h5,7,19-22H,3-4,6,8-18H2,1-2H3/b7-5+. The van der Waals surface area contributed by atoms with E-state index in [0.29, 0.717) is 6.10 Å². The number of rotatable bonds is 9. The summed E-state index contributed by atoms with van der Waals surface area (Å²) >= 11 is 0. The largest absolute Gasteiger partial charge is 0.378 e. The van der Waals surface area contributed by atoms with Crippen molar-refractivity contribution in [2.24, 2.45) is 17.8 Å². The molecule has 2 saturated carbocycles. The molecule has 0 heterocycles. The molecular formula is C22H40O. The summed E-state index contributed by atoms with van der Waals surface area (Å²) in [5.41, 5.74) is 0. The van der Waals surface area contributed by atoms with E-state index in [1.807, 2.05) is 0 Å². The Kier molecular flexibility index (Phi) is 9.34. The fourth-order valence-electron chi connectivity index (χ4n) is 4.45. The molecule has 0 aliphatic heterocycles. The highest BCUT2D eigenvalue weighted by Gasteiger charge is 2.24. The fourth-order valence-corrected chi connectivity index (χ4v) is 4.45. The van der Waals surface area contributed by atoms with Crippen LogP contribution in [0.3, 0.4) is 0 Å². The van der Waals surface area contributed by atoms with Crippen LogP contribution in [0.1, 0.15) is 97.3 Å². The molecule has 0 saturated heterocycles. The van der Waals surface area contributed by atoms with Crippen LogP contribution in [0.15, 0.2) is 12.2 Å². The van der Waals surface area contributed by atoms with Crippen molar-refractivity contribution in [3.8, 4) is 0 Å². The molecule has 1 heteroatoms. The van der Waals surface area contributed by atoms with E-state index in [-0.39, 0.29) is 0 Å². The van der Waals surface area contributed by atoms with Gasteiger partial charge in [-0.2, -0.15) is 0 Å². The molecule has 0 amide bonds. The summed E-state index contributed by atoms with van der Waals surface area (Å²) in [6.45, 7) is 5.47. The molecule has 0 unspecified atom stereocenters. The average molecular weight is 321 g/mol. The molecule has 0 atom stereocenters. The van der Waals surface area contributed by atoms with Gasteiger partial charge in [0.25, 0.3) is 0 Å². The molecule has 0 aromatic rings. The molecule has 0 radical (unpaired) electrons. The molecule has 134 valence electrons. The van der Waals surface area contributed by atoms with Crippen molar-refractivity contribution in [3.63, 3.8) is 0 Å². The van der Waals surface area contributed by atoms with Gasteiger partial charge in [-0.1, -0.05) is 45.3 Å². The maximum Gasteiger partial charge on any atom is 0.0575 e. The first-order valence-corrected chi connectivity index (χ1v) is 10.6. The maximum absolute atomic E-state index is 6.00. The zero-order valence-electron chi connectivity index (χ0n) is 15.8. The molecule has 2 aliphatic carbocycles. The van der Waals surface area contributed by atoms with Gasteiger partial charge in [0.1, 0.15) is 0 Å². The zero-order chi connectivity index (χ0) is 16.3. The van der Waals surface area contributed by atoms with Gasteiger partial charge in [-0.05, 0) is 82.0 Å². The Bertz CT molecular complexity index is 306. The third-order valence-corrected chi connectivity index (χ3v) is 6.16. The van der Waals surface area contributed by atoms with E-state index < -0.39 is 0 Å². The first-order chi connectivity index (χ1) is 11.3. The molecule has 0 N–H and O–H groups in total. The minimum Gasteiger partial charge on any atom is -0.378 e. The van der Waals surface area contributed by atoms with Gasteiger partial charge < -0.3 is 4.74 Å². The van der Waals surface area contributed by atoms with E-state index in [0.717, 1.165) is 24.4 Å². The summed E-state index contributed by atoms with van der Waals surface area (Å²) in [6.07, 6.45) is 23.4. The van der Waals surface area contributed by atoms with Crippen LogP contribution < -0.4 is 0 Å². The van der Waals surface area contributed by atoms with E-state index in [4.69, 9.17) is 4.74 Å². The lowest BCUT2D eigenvalue weighted by atomic mass is 9.77. The fraction of sp³-hybridized carbons (Fsp3) is 0.909. The van der Waals surface area contributed by atoms with Crippen LogP contribution in [0.25, 0.3) is 0 Å². The Balaban J connectivity index is 1.53. The van der Waals surface area contributed by atoms with Crippen LogP contribution in [0.4, 0.5) is 0 Å². The highest BCUT2D eigenvalue weighted by molar-refractivity contribution is 4.90. The first-order valence-electron chi connectivity index (χ1n) is 10.6. The predicted octanol–water partition coefficient (Wildman–Crippen LogP) is 6.91. The summed E-state index contributed by atoms with van der Waals surface area (Å²) in [6, 6.07) is 0. The number of ether oxygens (including phenoxy) is 1. The Labute approximate surface area is 145 Å². The third-order valence-electron chi connectivity index (χ3n) is 6.16. The number of hydrogen-bond acceptors (Lipinski definition) is 1. The second-order valence-corrected chi connectivity index (χ2v) is 8.06. The van der Waals surface area contributed by atoms with Gasteiger partial charge in [-0.25, -0.2) is 0 Å². The Morgan fingerprint density at radius 2 is 1.43 bits per heavy atom. The van der Waals surface area contributed by atoms with Gasteiger partial charge >= 0.3 is 0 Å². The molecule has 0 bridgehead atoms. The van der Waals surface area contributed by atoms with Crippen molar-refractivity contribution in [1.29, 1.82) is 0 Å². The molecule has 0 aromatic carbocycles. The van der Waals surface area contributed by atoms with Gasteiger partial charge in [0, 0.05) is 6.61 Å². The van der Waals surface area contributed by atoms with E-state index in [1.165, 1.54) is 83.5 Å². The summed E-state index contributed by atoms with van der Waals surface area (Å²) in [4.78, 5) is 0. The SMILES string of the molecule is CC/C=C/C1CCC(CCC2CCC(OCCCC)CC2)CC1. The maximum atomic E-state index is 6.00. The number of hydrogen-bond donors (Lipinski definition) is 0. The summed E-state index contributed by atoms with van der Waals surface area (Å²) in [5.74, 6) is 2.92. The van der Waals surface area contributed by atoms with Crippen LogP contribution in [0.5, 0.6) is 0 Å². The summed E-state index contributed by atoms with van der Waals surface area (Å²) < 4.78 is 6.00. The van der Waals surface area contributed by atoms with E-state index in [2.05, 4.69) is 26.0 Å². The van der Waals surface area contributed by atoms with Gasteiger partial charge in [-0.15, -0.1) is 0 Å². The smallest absolute Gasteiger partial charge is 0.0575 e. The van der Waals surface area contributed by atoms with Crippen molar-refractivity contribution in [2.75, 3.05) is 6.61 Å². The Morgan fingerprint density at radius 3 is 2.00 bits per heavy atom. The van der Waals surface area contributed by atoms with E-state index >= 15 is 0 Å². The second-order valence-electron chi connectivity index (χ2n) is 8.06. The monoisotopic (exact) mass is 320 g/mol. The number of allylic oxidation sites excluding steroid dienone is 2. The number of unbranched alkanes of at least 4 members (excludes halogenated alkanes) is 1. The lowest BCUT2D eigenvalue weighted by Gasteiger charge is -2.31. The van der Waals surface area contributed by atoms with Crippen LogP contribution in [0.2, 0.25) is 0 Å². The molecule has 23 heavy (non-hydrogen) atoms. The van der Waals surface area contributed by atoms with E-state index in [1.54, 1.807) is 0 Å². The Hall–Kier alpha value is -0.300. The van der Waals surface area contributed by atoms with Gasteiger partial charge in [0.2, 0.25) is 0 Å². The molecule has 0 spiro atoms. The highest BCUT2D eigenvalue weighted by Crippen LogP contribution is 2.36. The van der Waals surface area contributed by atoms with Crippen molar-refractivity contribution in [2.45, 2.75) is 103 Å². The molecule has 1 nitrogen and oxygen atoms in total. The van der Waals surface area contributed by atoms with Crippen molar-refractivity contribution in [1.82, 2.24) is 0 Å².